The largest absolute Gasteiger partial charge is 0.466 e. The van der Waals surface area contributed by atoms with E-state index in [4.69, 9.17) is 4.74 Å². The van der Waals surface area contributed by atoms with Gasteiger partial charge >= 0.3 is 5.97 Å². The summed E-state index contributed by atoms with van der Waals surface area (Å²) >= 11 is 0. The minimum atomic E-state index is -0.674. The lowest BCUT2D eigenvalue weighted by molar-refractivity contribution is -0.143. The van der Waals surface area contributed by atoms with E-state index in [1.807, 2.05) is 0 Å². The molecular formula is C67H131NO5. The summed E-state index contributed by atoms with van der Waals surface area (Å²) < 4.78 is 5.50. The minimum absolute atomic E-state index is 0.00416. The van der Waals surface area contributed by atoms with E-state index in [-0.39, 0.29) is 18.5 Å². The van der Waals surface area contributed by atoms with Crippen LogP contribution >= 0.6 is 0 Å². The van der Waals surface area contributed by atoms with E-state index in [0.29, 0.717) is 25.9 Å². The van der Waals surface area contributed by atoms with Gasteiger partial charge in [0.2, 0.25) is 5.91 Å². The molecule has 0 heterocycles. The average molecular weight is 1030 g/mol. The quantitative estimate of drug-likeness (QED) is 0.0320. The van der Waals surface area contributed by atoms with Crippen LogP contribution in [0.2, 0.25) is 0 Å². The summed E-state index contributed by atoms with van der Waals surface area (Å²) in [5.41, 5.74) is 0. The molecule has 6 heteroatoms. The topological polar surface area (TPSA) is 95.9 Å². The van der Waals surface area contributed by atoms with E-state index >= 15 is 0 Å². The molecule has 0 aliphatic rings. The molecule has 0 aromatic rings. The van der Waals surface area contributed by atoms with Crippen LogP contribution in [0.15, 0.2) is 12.2 Å². The van der Waals surface area contributed by atoms with Gasteiger partial charge in [-0.05, 0) is 51.4 Å². The van der Waals surface area contributed by atoms with Crippen molar-refractivity contribution in [2.24, 2.45) is 0 Å². The van der Waals surface area contributed by atoms with E-state index < -0.39 is 12.1 Å². The Morgan fingerprint density at radius 1 is 0.370 bits per heavy atom. The van der Waals surface area contributed by atoms with E-state index in [2.05, 4.69) is 31.3 Å². The van der Waals surface area contributed by atoms with Gasteiger partial charge in [-0.25, -0.2) is 0 Å². The number of amides is 1. The normalized spacial score (nSPS) is 12.5. The number of ether oxygens (including phenoxy) is 1. The molecule has 2 atom stereocenters. The van der Waals surface area contributed by atoms with Crippen molar-refractivity contribution >= 4 is 11.9 Å². The van der Waals surface area contributed by atoms with Crippen molar-refractivity contribution in [3.63, 3.8) is 0 Å². The molecule has 0 radical (unpaired) electrons. The smallest absolute Gasteiger partial charge is 0.305 e. The third-order valence-electron chi connectivity index (χ3n) is 15.8. The molecule has 6 nitrogen and oxygen atoms in total. The minimum Gasteiger partial charge on any atom is -0.466 e. The molecule has 0 spiro atoms. The van der Waals surface area contributed by atoms with Gasteiger partial charge in [0.05, 0.1) is 25.4 Å². The zero-order valence-electron chi connectivity index (χ0n) is 49.6. The van der Waals surface area contributed by atoms with E-state index in [9.17, 15) is 19.8 Å². The van der Waals surface area contributed by atoms with Gasteiger partial charge in [0.1, 0.15) is 0 Å². The third kappa shape index (κ3) is 59.7. The zero-order chi connectivity index (χ0) is 52.9. The first-order chi connectivity index (χ1) is 36.0. The highest BCUT2D eigenvalue weighted by Gasteiger charge is 2.20. The molecule has 3 N–H and O–H groups in total. The summed E-state index contributed by atoms with van der Waals surface area (Å²) in [5.74, 6) is -0.0470. The number of aliphatic hydroxyl groups excluding tert-OH is 2. The predicted octanol–water partition coefficient (Wildman–Crippen LogP) is 21.2. The monoisotopic (exact) mass is 1030 g/mol. The van der Waals surface area contributed by atoms with E-state index in [1.54, 1.807) is 0 Å². The molecule has 1 amide bonds. The Hall–Kier alpha value is -1.40. The van der Waals surface area contributed by atoms with Crippen LogP contribution in [0.1, 0.15) is 380 Å². The van der Waals surface area contributed by atoms with Gasteiger partial charge in [-0.1, -0.05) is 328 Å². The van der Waals surface area contributed by atoms with Crippen LogP contribution in [-0.4, -0.2) is 47.4 Å². The maximum atomic E-state index is 12.5. The zero-order valence-corrected chi connectivity index (χ0v) is 49.6. The molecule has 0 saturated heterocycles. The van der Waals surface area contributed by atoms with Crippen LogP contribution in [0.5, 0.6) is 0 Å². The Morgan fingerprint density at radius 2 is 0.644 bits per heavy atom. The molecule has 2 unspecified atom stereocenters. The fourth-order valence-corrected chi connectivity index (χ4v) is 10.7. The van der Waals surface area contributed by atoms with Crippen molar-refractivity contribution < 1.29 is 24.5 Å². The van der Waals surface area contributed by atoms with Crippen LogP contribution in [0.25, 0.3) is 0 Å². The van der Waals surface area contributed by atoms with Crippen LogP contribution in [-0.2, 0) is 14.3 Å². The third-order valence-corrected chi connectivity index (χ3v) is 15.8. The van der Waals surface area contributed by atoms with Crippen molar-refractivity contribution in [2.45, 2.75) is 392 Å². The Morgan fingerprint density at radius 3 is 0.973 bits per heavy atom. The highest BCUT2D eigenvalue weighted by atomic mass is 16.5. The summed E-state index contributed by atoms with van der Waals surface area (Å²) in [4.78, 5) is 24.7. The maximum absolute atomic E-state index is 12.5. The molecule has 0 fully saturated rings. The van der Waals surface area contributed by atoms with Gasteiger partial charge in [0, 0.05) is 12.8 Å². The second kappa shape index (κ2) is 63.1. The highest BCUT2D eigenvalue weighted by molar-refractivity contribution is 5.76. The van der Waals surface area contributed by atoms with Gasteiger partial charge in [-0.3, -0.25) is 9.59 Å². The van der Waals surface area contributed by atoms with Crippen LogP contribution in [0.4, 0.5) is 0 Å². The van der Waals surface area contributed by atoms with Gasteiger partial charge in [0.15, 0.2) is 0 Å². The number of esters is 1. The number of unbranched alkanes of at least 4 members (excludes halogenated alkanes) is 50. The molecule has 0 rings (SSSR count). The van der Waals surface area contributed by atoms with E-state index in [0.717, 1.165) is 51.4 Å². The van der Waals surface area contributed by atoms with Gasteiger partial charge in [-0.2, -0.15) is 0 Å². The second-order valence-corrected chi connectivity index (χ2v) is 23.2. The number of carbonyl (C=O) groups is 2. The maximum Gasteiger partial charge on any atom is 0.305 e. The van der Waals surface area contributed by atoms with Crippen LogP contribution in [0.3, 0.4) is 0 Å². The lowest BCUT2D eigenvalue weighted by Crippen LogP contribution is -2.45. The highest BCUT2D eigenvalue weighted by Crippen LogP contribution is 2.19. The molecule has 0 aliphatic heterocycles. The molecule has 434 valence electrons. The number of nitrogens with one attached hydrogen (secondary N) is 1. The predicted molar refractivity (Wildman–Crippen MR) is 320 cm³/mol. The number of allylic oxidation sites excluding steroid dienone is 2. The fourth-order valence-electron chi connectivity index (χ4n) is 10.7. The number of rotatable bonds is 63. The number of carbonyl (C=O) groups excluding carboxylic acids is 2. The summed E-state index contributed by atoms with van der Waals surface area (Å²) in [6.07, 6.45) is 76.6. The molecule has 73 heavy (non-hydrogen) atoms. The summed E-state index contributed by atoms with van der Waals surface area (Å²) in [6.45, 7) is 4.96. The van der Waals surface area contributed by atoms with Crippen LogP contribution < -0.4 is 5.32 Å². The first-order valence-corrected chi connectivity index (χ1v) is 33.4. The fraction of sp³-hybridized carbons (Fsp3) is 0.940. The molecular weight excluding hydrogens is 899 g/mol. The first-order valence-electron chi connectivity index (χ1n) is 33.4. The number of aliphatic hydroxyl groups is 2. The number of hydrogen-bond donors (Lipinski definition) is 3. The van der Waals surface area contributed by atoms with Crippen molar-refractivity contribution in [3.05, 3.63) is 12.2 Å². The Labute approximate surface area is 457 Å². The van der Waals surface area contributed by atoms with Crippen LogP contribution in [0, 0.1) is 0 Å². The summed E-state index contributed by atoms with van der Waals surface area (Å²) in [5, 5.41) is 23.4. The Bertz CT molecular complexity index is 1100. The molecule has 0 bridgehead atoms. The van der Waals surface area contributed by atoms with Gasteiger partial charge in [0.25, 0.3) is 0 Å². The molecule has 0 aromatic carbocycles. The Kier molecular flexibility index (Phi) is 61.9. The lowest BCUT2D eigenvalue weighted by atomic mass is 10.0. The van der Waals surface area contributed by atoms with Gasteiger partial charge in [-0.15, -0.1) is 0 Å². The second-order valence-electron chi connectivity index (χ2n) is 23.2. The lowest BCUT2D eigenvalue weighted by Gasteiger charge is -2.22. The van der Waals surface area contributed by atoms with Gasteiger partial charge < -0.3 is 20.3 Å². The van der Waals surface area contributed by atoms with Crippen molar-refractivity contribution in [1.29, 1.82) is 0 Å². The van der Waals surface area contributed by atoms with Crippen molar-refractivity contribution in [3.8, 4) is 0 Å². The van der Waals surface area contributed by atoms with Crippen molar-refractivity contribution in [1.82, 2.24) is 5.32 Å². The Balaban J connectivity index is 3.42. The number of hydrogen-bond acceptors (Lipinski definition) is 5. The molecule has 0 saturated carbocycles. The first kappa shape index (κ1) is 71.6. The summed E-state index contributed by atoms with van der Waals surface area (Å²) in [6, 6.07) is -0.552. The SMILES string of the molecule is CCCCCCCC/C=C\CCCCCCCCCCCC(=O)OCCCCCCCCCCCCCCCC(=O)NC(CO)C(O)CCCCCCCCCCCCCCCCCCCCCCCCCC. The molecule has 0 aliphatic carbocycles. The average Bonchev–Trinajstić information content (AvgIpc) is 3.39. The standard InChI is InChI=1S/C67H131NO5/c1-3-5-7-9-11-13-15-17-19-21-23-24-25-26-27-29-30-32-35-39-43-47-51-55-59-65(70)64(63-69)68-66(71)60-56-52-48-44-40-36-34-38-42-46-50-54-58-62-73-67(72)61-57-53-49-45-41-37-33-31-28-22-20-18-16-14-12-10-8-6-4-2/h18,20,64-65,69-70H,3-17,19,21-63H2,1-2H3,(H,68,71)/b20-18-. The van der Waals surface area contributed by atoms with E-state index in [1.165, 1.54) is 295 Å². The summed E-state index contributed by atoms with van der Waals surface area (Å²) in [7, 11) is 0. The molecule has 0 aromatic heterocycles. The van der Waals surface area contributed by atoms with Crippen molar-refractivity contribution in [2.75, 3.05) is 13.2 Å².